The molecule has 0 unspecified atom stereocenters. The fraction of sp³-hybridized carbons (Fsp3) is 0.0345. The monoisotopic (exact) mass is 796 g/mol. The number of allylic oxidation sites excluding steroid dienone is 2. The zero-order valence-electron chi connectivity index (χ0n) is 34.7. The summed E-state index contributed by atoms with van der Waals surface area (Å²) in [7, 11) is 0. The highest BCUT2D eigenvalue weighted by molar-refractivity contribution is 6.11. The number of benzene rings is 9. The molecule has 12 rings (SSSR count). The van der Waals surface area contributed by atoms with E-state index in [0.717, 1.165) is 34.1 Å². The maximum Gasteiger partial charge on any atom is 0.0541 e. The number of hydrogen-bond donors (Lipinski definition) is 0. The minimum absolute atomic E-state index is 1.08. The molecule has 0 fully saturated rings. The first-order valence-corrected chi connectivity index (χ1v) is 21.3. The lowest BCUT2D eigenvalue weighted by Crippen LogP contribution is -2.10. The standard InChI is InChI=1S/C54H36N4.C4H8/c1-7-19-49-43(13-1)44-14-2-8-20-50(44)56(49)40-31-25-37(26-32-40)55(38-27-33-41(34-28-38)57-51-21-9-3-15-45(51)46-16-4-10-22-52(46)57)39-29-35-42(36-30-39)58-53-23-11-5-17-47(53)48-18-6-12-24-54(48)58;1-3-4-2/h1-36H;3-4H,1-2H3/b;4-3-. The smallest absolute Gasteiger partial charge is 0.0541 e. The zero-order chi connectivity index (χ0) is 41.6. The van der Waals surface area contributed by atoms with E-state index in [1.165, 1.54) is 65.4 Å². The molecule has 0 aliphatic rings. The van der Waals surface area contributed by atoms with Crippen molar-refractivity contribution in [2.75, 3.05) is 4.90 Å². The average Bonchev–Trinajstić information content (AvgIpc) is 3.99. The molecule has 0 saturated carbocycles. The maximum atomic E-state index is 2.37. The van der Waals surface area contributed by atoms with E-state index in [9.17, 15) is 0 Å². The van der Waals surface area contributed by atoms with Crippen molar-refractivity contribution in [2.45, 2.75) is 13.8 Å². The lowest BCUT2D eigenvalue weighted by molar-refractivity contribution is 1.16. The van der Waals surface area contributed by atoms with Crippen LogP contribution in [0.3, 0.4) is 0 Å². The number of para-hydroxylation sites is 6. The van der Waals surface area contributed by atoms with Crippen LogP contribution in [-0.2, 0) is 0 Å². The Bertz CT molecular complexity index is 3040. The van der Waals surface area contributed by atoms with Crippen LogP contribution < -0.4 is 4.90 Å². The van der Waals surface area contributed by atoms with Gasteiger partial charge in [0.15, 0.2) is 0 Å². The second-order valence-corrected chi connectivity index (χ2v) is 15.7. The molecule has 0 atom stereocenters. The van der Waals surface area contributed by atoms with Gasteiger partial charge in [0.05, 0.1) is 33.1 Å². The van der Waals surface area contributed by atoms with Gasteiger partial charge in [-0.3, -0.25) is 0 Å². The van der Waals surface area contributed by atoms with E-state index in [2.05, 4.69) is 237 Å². The summed E-state index contributed by atoms with van der Waals surface area (Å²) in [6.07, 6.45) is 4.00. The first kappa shape index (κ1) is 37.0. The number of nitrogens with zero attached hydrogens (tertiary/aromatic N) is 4. The Morgan fingerprint density at radius 3 is 0.645 bits per heavy atom. The largest absolute Gasteiger partial charge is 0.310 e. The molecule has 0 aliphatic heterocycles. The van der Waals surface area contributed by atoms with Crippen LogP contribution in [0.4, 0.5) is 17.1 Å². The van der Waals surface area contributed by atoms with Gasteiger partial charge in [0.25, 0.3) is 0 Å². The fourth-order valence-corrected chi connectivity index (χ4v) is 9.30. The van der Waals surface area contributed by atoms with Crippen LogP contribution in [-0.4, -0.2) is 13.7 Å². The fourth-order valence-electron chi connectivity index (χ4n) is 9.30. The number of rotatable bonds is 6. The summed E-state index contributed by atoms with van der Waals surface area (Å²) >= 11 is 0. The second-order valence-electron chi connectivity index (χ2n) is 15.7. The van der Waals surface area contributed by atoms with Crippen LogP contribution in [0.5, 0.6) is 0 Å². The van der Waals surface area contributed by atoms with Gasteiger partial charge < -0.3 is 18.6 Å². The summed E-state index contributed by atoms with van der Waals surface area (Å²) in [6.45, 7) is 4.00. The van der Waals surface area contributed by atoms with E-state index >= 15 is 0 Å². The van der Waals surface area contributed by atoms with Crippen LogP contribution in [0.15, 0.2) is 231 Å². The molecular weight excluding hydrogens is 753 g/mol. The first-order chi connectivity index (χ1) is 30.7. The van der Waals surface area contributed by atoms with Gasteiger partial charge in [-0.05, 0) is 123 Å². The minimum atomic E-state index is 1.08. The molecule has 3 heterocycles. The highest BCUT2D eigenvalue weighted by atomic mass is 15.1. The van der Waals surface area contributed by atoms with Crippen LogP contribution in [0.1, 0.15) is 13.8 Å². The predicted octanol–water partition coefficient (Wildman–Crippen LogP) is 16.0. The second kappa shape index (κ2) is 15.5. The molecule has 12 aromatic rings. The molecule has 0 spiro atoms. The molecule has 0 radical (unpaired) electrons. The predicted molar refractivity (Wildman–Crippen MR) is 265 cm³/mol. The molecule has 296 valence electrons. The van der Waals surface area contributed by atoms with Gasteiger partial charge >= 0.3 is 0 Å². The Morgan fingerprint density at radius 2 is 0.452 bits per heavy atom. The Balaban J connectivity index is 0.00000104. The van der Waals surface area contributed by atoms with Gasteiger partial charge in [-0.25, -0.2) is 0 Å². The summed E-state index contributed by atoms with van der Waals surface area (Å²) < 4.78 is 7.12. The van der Waals surface area contributed by atoms with E-state index in [1.54, 1.807) is 0 Å². The number of anilines is 3. The first-order valence-electron chi connectivity index (χ1n) is 21.3. The van der Waals surface area contributed by atoms with Crippen molar-refractivity contribution >= 4 is 82.5 Å². The molecule has 4 heteroatoms. The van der Waals surface area contributed by atoms with Crippen molar-refractivity contribution in [1.82, 2.24) is 13.7 Å². The lowest BCUT2D eigenvalue weighted by Gasteiger charge is -2.26. The number of fused-ring (bicyclic) bond motifs is 9. The van der Waals surface area contributed by atoms with E-state index in [1.807, 2.05) is 26.0 Å². The van der Waals surface area contributed by atoms with Gasteiger partial charge in [-0.15, -0.1) is 0 Å². The van der Waals surface area contributed by atoms with Crippen molar-refractivity contribution in [3.05, 3.63) is 231 Å². The van der Waals surface area contributed by atoms with Gasteiger partial charge in [-0.2, -0.15) is 0 Å². The Labute approximate surface area is 361 Å². The molecule has 0 aliphatic carbocycles. The van der Waals surface area contributed by atoms with Gasteiger partial charge in [0.2, 0.25) is 0 Å². The molecule has 0 N–H and O–H groups in total. The van der Waals surface area contributed by atoms with E-state index in [4.69, 9.17) is 0 Å². The number of hydrogen-bond acceptors (Lipinski definition) is 1. The molecule has 4 nitrogen and oxygen atoms in total. The van der Waals surface area contributed by atoms with E-state index < -0.39 is 0 Å². The number of aromatic nitrogens is 3. The van der Waals surface area contributed by atoms with Crippen LogP contribution >= 0.6 is 0 Å². The van der Waals surface area contributed by atoms with E-state index in [-0.39, 0.29) is 0 Å². The third kappa shape index (κ3) is 6.07. The summed E-state index contributed by atoms with van der Waals surface area (Å²) in [4.78, 5) is 2.36. The van der Waals surface area contributed by atoms with Crippen molar-refractivity contribution in [3.8, 4) is 17.1 Å². The summed E-state index contributed by atoms with van der Waals surface area (Å²) in [5.41, 5.74) is 13.9. The maximum absolute atomic E-state index is 2.37. The van der Waals surface area contributed by atoms with Crippen LogP contribution in [0, 0.1) is 0 Å². The molecular formula is C58H44N4. The molecule has 0 bridgehead atoms. The minimum Gasteiger partial charge on any atom is -0.310 e. The molecule has 0 amide bonds. The zero-order valence-corrected chi connectivity index (χ0v) is 34.7. The normalized spacial score (nSPS) is 11.6. The molecule has 0 saturated heterocycles. The molecule has 3 aromatic heterocycles. The van der Waals surface area contributed by atoms with Gasteiger partial charge in [0.1, 0.15) is 0 Å². The van der Waals surface area contributed by atoms with Crippen LogP contribution in [0.25, 0.3) is 82.5 Å². The van der Waals surface area contributed by atoms with Crippen molar-refractivity contribution in [1.29, 1.82) is 0 Å². The highest BCUT2D eigenvalue weighted by Gasteiger charge is 2.18. The van der Waals surface area contributed by atoms with E-state index in [0.29, 0.717) is 0 Å². The van der Waals surface area contributed by atoms with Gasteiger partial charge in [0, 0.05) is 66.4 Å². The third-order valence-electron chi connectivity index (χ3n) is 12.2. The average molecular weight is 797 g/mol. The van der Waals surface area contributed by atoms with Crippen molar-refractivity contribution in [2.24, 2.45) is 0 Å². The quantitative estimate of drug-likeness (QED) is 0.153. The van der Waals surface area contributed by atoms with Crippen molar-refractivity contribution < 1.29 is 0 Å². The summed E-state index contributed by atoms with van der Waals surface area (Å²) in [6, 6.07) is 79.1. The SMILES string of the molecule is C/C=C\C.c1ccc2c(c1)c1ccccc1n2-c1ccc(N(c2ccc(-n3c4ccccc4c4ccccc43)cc2)c2ccc(-n3c4ccccc4c4ccccc43)cc2)cc1. The summed E-state index contributed by atoms with van der Waals surface area (Å²) in [5.74, 6) is 0. The van der Waals surface area contributed by atoms with Crippen molar-refractivity contribution in [3.63, 3.8) is 0 Å². The third-order valence-corrected chi connectivity index (χ3v) is 12.2. The highest BCUT2D eigenvalue weighted by Crippen LogP contribution is 2.40. The summed E-state index contributed by atoms with van der Waals surface area (Å²) in [5, 5.41) is 7.56. The molecule has 9 aromatic carbocycles. The lowest BCUT2D eigenvalue weighted by atomic mass is 10.1. The van der Waals surface area contributed by atoms with Gasteiger partial charge in [-0.1, -0.05) is 121 Å². The Kier molecular flexibility index (Phi) is 9.24. The van der Waals surface area contributed by atoms with Crippen LogP contribution in [0.2, 0.25) is 0 Å². The Morgan fingerprint density at radius 1 is 0.258 bits per heavy atom. The Hall–Kier alpha value is -8.08. The topological polar surface area (TPSA) is 18.0 Å². The molecule has 62 heavy (non-hydrogen) atoms.